The molecule has 1 amide bonds. The third-order valence-corrected chi connectivity index (χ3v) is 5.28. The molecule has 0 atom stereocenters. The Labute approximate surface area is 116 Å². The average Bonchev–Trinajstić information content (AvgIpc) is 2.38. The van der Waals surface area contributed by atoms with Crippen LogP contribution in [0.1, 0.15) is 32.1 Å². The zero-order valence-electron chi connectivity index (χ0n) is 12.2. The van der Waals surface area contributed by atoms with Gasteiger partial charge in [0.15, 0.2) is 0 Å². The summed E-state index contributed by atoms with van der Waals surface area (Å²) < 4.78 is 0. The molecule has 108 valence electrons. The van der Waals surface area contributed by atoms with Gasteiger partial charge in [-0.3, -0.25) is 9.69 Å². The molecule has 0 radical (unpaired) electrons. The monoisotopic (exact) mass is 265 g/mol. The number of likely N-dealkylation sites (tertiary alicyclic amines) is 1. The number of hydrogen-bond donors (Lipinski definition) is 0. The van der Waals surface area contributed by atoms with Crippen LogP contribution in [-0.2, 0) is 4.79 Å². The van der Waals surface area contributed by atoms with Crippen LogP contribution in [-0.4, -0.2) is 73.0 Å². The molecule has 3 fully saturated rings. The minimum absolute atomic E-state index is 0.370. The van der Waals surface area contributed by atoms with Crippen LogP contribution in [0.4, 0.5) is 0 Å². The largest absolute Gasteiger partial charge is 0.340 e. The van der Waals surface area contributed by atoms with Crippen LogP contribution >= 0.6 is 0 Å². The van der Waals surface area contributed by atoms with Gasteiger partial charge in [-0.1, -0.05) is 6.42 Å². The number of nitrogens with zero attached hydrogens (tertiary/aromatic N) is 3. The van der Waals surface area contributed by atoms with Gasteiger partial charge in [-0.15, -0.1) is 0 Å². The first-order valence-electron chi connectivity index (χ1n) is 7.95. The number of carbonyl (C=O) groups excluding carboxylic acids is 1. The molecule has 1 saturated carbocycles. The van der Waals surface area contributed by atoms with E-state index in [9.17, 15) is 4.79 Å². The lowest BCUT2D eigenvalue weighted by molar-refractivity contribution is -0.140. The van der Waals surface area contributed by atoms with Crippen molar-refractivity contribution in [1.82, 2.24) is 14.7 Å². The van der Waals surface area contributed by atoms with Crippen molar-refractivity contribution in [2.75, 3.05) is 46.3 Å². The summed E-state index contributed by atoms with van der Waals surface area (Å²) in [5.74, 6) is 0.809. The summed E-state index contributed by atoms with van der Waals surface area (Å²) in [4.78, 5) is 19.4. The highest BCUT2D eigenvalue weighted by atomic mass is 16.2. The van der Waals surface area contributed by atoms with Gasteiger partial charge < -0.3 is 9.80 Å². The number of amides is 1. The van der Waals surface area contributed by atoms with Crippen molar-refractivity contribution in [2.24, 2.45) is 5.92 Å². The van der Waals surface area contributed by atoms with Crippen LogP contribution in [0.25, 0.3) is 0 Å². The fourth-order valence-electron chi connectivity index (χ4n) is 3.58. The Morgan fingerprint density at radius 1 is 0.895 bits per heavy atom. The quantitative estimate of drug-likeness (QED) is 0.746. The molecular weight excluding hydrogens is 238 g/mol. The standard InChI is InChI=1S/C15H27N3O/c1-16-7-5-14(6-8-16)17-9-11-18(12-10-17)15(19)13-3-2-4-13/h13-14H,2-12H2,1H3. The Balaban J connectivity index is 1.45. The summed E-state index contributed by atoms with van der Waals surface area (Å²) in [6.45, 7) is 6.56. The van der Waals surface area contributed by atoms with Gasteiger partial charge in [0.2, 0.25) is 5.91 Å². The third-order valence-electron chi connectivity index (χ3n) is 5.28. The molecule has 0 aromatic carbocycles. The Morgan fingerprint density at radius 2 is 1.53 bits per heavy atom. The molecule has 2 heterocycles. The predicted molar refractivity (Wildman–Crippen MR) is 76.0 cm³/mol. The van der Waals surface area contributed by atoms with E-state index in [2.05, 4.69) is 21.7 Å². The summed E-state index contributed by atoms with van der Waals surface area (Å²) in [5, 5.41) is 0. The van der Waals surface area contributed by atoms with Gasteiger partial charge in [0, 0.05) is 38.1 Å². The van der Waals surface area contributed by atoms with Crippen LogP contribution in [0.2, 0.25) is 0 Å². The van der Waals surface area contributed by atoms with Crippen molar-refractivity contribution in [3.8, 4) is 0 Å². The Morgan fingerprint density at radius 3 is 2.05 bits per heavy atom. The van der Waals surface area contributed by atoms with Crippen LogP contribution < -0.4 is 0 Å². The molecule has 3 aliphatic rings. The maximum atomic E-state index is 12.2. The van der Waals surface area contributed by atoms with E-state index >= 15 is 0 Å². The molecule has 2 saturated heterocycles. The summed E-state index contributed by atoms with van der Waals surface area (Å²) in [7, 11) is 2.21. The molecule has 4 heteroatoms. The van der Waals surface area contributed by atoms with Crippen molar-refractivity contribution in [3.63, 3.8) is 0 Å². The maximum absolute atomic E-state index is 12.2. The first-order chi connectivity index (χ1) is 9.24. The molecule has 4 nitrogen and oxygen atoms in total. The van der Waals surface area contributed by atoms with Crippen molar-refractivity contribution in [2.45, 2.75) is 38.1 Å². The Hall–Kier alpha value is -0.610. The molecular formula is C15H27N3O. The molecule has 0 unspecified atom stereocenters. The summed E-state index contributed by atoms with van der Waals surface area (Å²) >= 11 is 0. The van der Waals surface area contributed by atoms with Crippen LogP contribution in [0, 0.1) is 5.92 Å². The lowest BCUT2D eigenvalue weighted by atomic mass is 9.84. The highest BCUT2D eigenvalue weighted by molar-refractivity contribution is 5.79. The Kier molecular flexibility index (Phi) is 4.08. The van der Waals surface area contributed by atoms with Crippen molar-refractivity contribution < 1.29 is 4.79 Å². The molecule has 19 heavy (non-hydrogen) atoms. The topological polar surface area (TPSA) is 26.8 Å². The van der Waals surface area contributed by atoms with E-state index in [0.29, 0.717) is 11.8 Å². The van der Waals surface area contributed by atoms with Gasteiger partial charge in [0.1, 0.15) is 0 Å². The minimum Gasteiger partial charge on any atom is -0.340 e. The van der Waals surface area contributed by atoms with E-state index in [1.807, 2.05) is 0 Å². The number of carbonyl (C=O) groups is 1. The summed E-state index contributed by atoms with van der Waals surface area (Å²) in [6.07, 6.45) is 6.12. The van der Waals surface area contributed by atoms with E-state index in [0.717, 1.165) is 45.1 Å². The van der Waals surface area contributed by atoms with Gasteiger partial charge in [-0.25, -0.2) is 0 Å². The van der Waals surface area contributed by atoms with E-state index in [-0.39, 0.29) is 0 Å². The van der Waals surface area contributed by atoms with Gasteiger partial charge in [-0.2, -0.15) is 0 Å². The van der Waals surface area contributed by atoms with E-state index in [1.54, 1.807) is 0 Å². The number of rotatable bonds is 2. The predicted octanol–water partition coefficient (Wildman–Crippen LogP) is 1.02. The lowest BCUT2D eigenvalue weighted by Crippen LogP contribution is -2.55. The first-order valence-corrected chi connectivity index (χ1v) is 7.95. The summed E-state index contributed by atoms with van der Waals surface area (Å²) in [6, 6.07) is 0.761. The highest BCUT2D eigenvalue weighted by Gasteiger charge is 2.32. The minimum atomic E-state index is 0.370. The number of piperazine rings is 1. The van der Waals surface area contributed by atoms with Crippen molar-refractivity contribution in [1.29, 1.82) is 0 Å². The summed E-state index contributed by atoms with van der Waals surface area (Å²) in [5.41, 5.74) is 0. The van der Waals surface area contributed by atoms with Crippen LogP contribution in [0.5, 0.6) is 0 Å². The second kappa shape index (κ2) is 5.80. The van der Waals surface area contributed by atoms with Crippen molar-refractivity contribution >= 4 is 5.91 Å². The van der Waals surface area contributed by atoms with E-state index < -0.39 is 0 Å². The zero-order chi connectivity index (χ0) is 13.2. The molecule has 0 spiro atoms. The second-order valence-corrected chi connectivity index (χ2v) is 6.52. The molecule has 0 aromatic rings. The zero-order valence-corrected chi connectivity index (χ0v) is 12.2. The molecule has 0 aromatic heterocycles. The maximum Gasteiger partial charge on any atom is 0.225 e. The molecule has 0 N–H and O–H groups in total. The smallest absolute Gasteiger partial charge is 0.225 e. The fraction of sp³-hybridized carbons (Fsp3) is 0.933. The van der Waals surface area contributed by atoms with Crippen LogP contribution in [0.3, 0.4) is 0 Å². The highest BCUT2D eigenvalue weighted by Crippen LogP contribution is 2.29. The van der Waals surface area contributed by atoms with Gasteiger partial charge in [0.05, 0.1) is 0 Å². The van der Waals surface area contributed by atoms with Gasteiger partial charge in [0.25, 0.3) is 0 Å². The molecule has 0 bridgehead atoms. The van der Waals surface area contributed by atoms with E-state index in [4.69, 9.17) is 0 Å². The SMILES string of the molecule is CN1CCC(N2CCN(C(=O)C3CCC3)CC2)CC1. The van der Waals surface area contributed by atoms with Crippen LogP contribution in [0.15, 0.2) is 0 Å². The fourth-order valence-corrected chi connectivity index (χ4v) is 3.58. The van der Waals surface area contributed by atoms with Gasteiger partial charge >= 0.3 is 0 Å². The second-order valence-electron chi connectivity index (χ2n) is 6.52. The third kappa shape index (κ3) is 2.95. The average molecular weight is 265 g/mol. The number of piperidine rings is 1. The first kappa shape index (κ1) is 13.4. The number of hydrogen-bond acceptors (Lipinski definition) is 3. The van der Waals surface area contributed by atoms with Crippen molar-refractivity contribution in [3.05, 3.63) is 0 Å². The Bertz CT molecular complexity index is 313. The normalized spacial score (nSPS) is 28.4. The molecule has 3 rings (SSSR count). The molecule has 1 aliphatic carbocycles. The lowest BCUT2D eigenvalue weighted by Gasteiger charge is -2.43. The molecule has 2 aliphatic heterocycles. The van der Waals surface area contributed by atoms with Gasteiger partial charge in [-0.05, 0) is 45.8 Å². The van der Waals surface area contributed by atoms with E-state index in [1.165, 1.54) is 32.4 Å².